The Morgan fingerprint density at radius 2 is 1.41 bits per heavy atom. The van der Waals surface area contributed by atoms with Gasteiger partial charge in [0.1, 0.15) is 0 Å². The first-order valence-electron chi connectivity index (χ1n) is 9.30. The predicted molar refractivity (Wildman–Crippen MR) is 107 cm³/mol. The Bertz CT molecular complexity index is 979. The summed E-state index contributed by atoms with van der Waals surface area (Å²) < 4.78 is 0. The molecule has 1 saturated heterocycles. The molecule has 1 aliphatic rings. The maximum absolute atomic E-state index is 12.5. The van der Waals surface area contributed by atoms with Gasteiger partial charge in [-0.2, -0.15) is 0 Å². The van der Waals surface area contributed by atoms with Gasteiger partial charge in [-0.3, -0.25) is 14.6 Å². The van der Waals surface area contributed by atoms with Crippen molar-refractivity contribution in [3.63, 3.8) is 0 Å². The van der Waals surface area contributed by atoms with E-state index in [0.717, 1.165) is 16.9 Å². The summed E-state index contributed by atoms with van der Waals surface area (Å²) in [5.41, 5.74) is 2.57. The molecule has 2 amide bonds. The zero-order chi connectivity index (χ0) is 20.1. The van der Waals surface area contributed by atoms with Crippen LogP contribution in [0.1, 0.15) is 11.3 Å². The predicted octanol–water partition coefficient (Wildman–Crippen LogP) is 1.99. The molecule has 0 radical (unpaired) electrons. The molecule has 0 atom stereocenters. The van der Waals surface area contributed by atoms with Crippen molar-refractivity contribution in [2.24, 2.45) is 0 Å². The molecule has 1 aliphatic heterocycles. The Kier molecular flexibility index (Phi) is 5.42. The minimum atomic E-state index is -0.485. The molecule has 8 heteroatoms. The van der Waals surface area contributed by atoms with E-state index in [9.17, 15) is 9.59 Å². The van der Waals surface area contributed by atoms with Gasteiger partial charge in [0.05, 0.1) is 12.2 Å². The van der Waals surface area contributed by atoms with E-state index in [0.29, 0.717) is 32.1 Å². The van der Waals surface area contributed by atoms with Crippen molar-refractivity contribution in [1.82, 2.24) is 24.8 Å². The number of hydrogen-bond acceptors (Lipinski definition) is 6. The molecule has 8 nitrogen and oxygen atoms in total. The summed E-state index contributed by atoms with van der Waals surface area (Å²) in [6, 6.07) is 14.9. The zero-order valence-electron chi connectivity index (χ0n) is 15.7. The van der Waals surface area contributed by atoms with E-state index in [1.165, 1.54) is 0 Å². The molecule has 0 saturated carbocycles. The summed E-state index contributed by atoms with van der Waals surface area (Å²) >= 11 is 0. The van der Waals surface area contributed by atoms with Gasteiger partial charge in [-0.25, -0.2) is 9.97 Å². The lowest BCUT2D eigenvalue weighted by Crippen LogP contribution is -2.53. The highest BCUT2D eigenvalue weighted by Gasteiger charge is 2.32. The van der Waals surface area contributed by atoms with Crippen LogP contribution in [0, 0.1) is 0 Å². The first-order chi connectivity index (χ1) is 14.2. The maximum atomic E-state index is 12.5. The second kappa shape index (κ2) is 8.47. The Labute approximate surface area is 168 Å². The van der Waals surface area contributed by atoms with Gasteiger partial charge in [0, 0.05) is 43.9 Å². The molecule has 0 unspecified atom stereocenters. The van der Waals surface area contributed by atoms with E-state index in [2.05, 4.69) is 20.3 Å². The van der Waals surface area contributed by atoms with E-state index < -0.39 is 11.8 Å². The highest BCUT2D eigenvalue weighted by atomic mass is 16.2. The summed E-state index contributed by atoms with van der Waals surface area (Å²) in [4.78, 5) is 40.6. The van der Waals surface area contributed by atoms with Gasteiger partial charge in [-0.05, 0) is 35.9 Å². The van der Waals surface area contributed by atoms with Crippen molar-refractivity contribution in [2.75, 3.05) is 18.4 Å². The first kappa shape index (κ1) is 18.5. The molecule has 0 bridgehead atoms. The Hall–Kier alpha value is -3.81. The molecule has 1 N–H and O–H groups in total. The second-order valence-corrected chi connectivity index (χ2v) is 6.67. The van der Waals surface area contributed by atoms with Crippen molar-refractivity contribution in [3.8, 4) is 0 Å². The largest absolute Gasteiger partial charge is 0.328 e. The number of carbonyl (C=O) groups is 2. The van der Waals surface area contributed by atoms with E-state index in [1.54, 1.807) is 34.5 Å². The normalized spacial score (nSPS) is 14.2. The van der Waals surface area contributed by atoms with Crippen LogP contribution in [0.2, 0.25) is 0 Å². The number of benzene rings is 1. The standard InChI is InChI=1S/C21H20N6O2/c28-19-20(29)27(15-18-4-1-2-9-22-18)13-12-26(19)14-16-5-7-17(8-6-16)25-21-23-10-3-11-24-21/h1-11H,12-15H2,(H,23,24,25). The van der Waals surface area contributed by atoms with Gasteiger partial charge in [0.15, 0.2) is 0 Å². The fourth-order valence-corrected chi connectivity index (χ4v) is 3.11. The lowest BCUT2D eigenvalue weighted by Gasteiger charge is -2.33. The smallest absolute Gasteiger partial charge is 0.312 e. The molecule has 1 fully saturated rings. The van der Waals surface area contributed by atoms with Crippen LogP contribution in [-0.2, 0) is 22.7 Å². The van der Waals surface area contributed by atoms with Gasteiger partial charge in [0.2, 0.25) is 5.95 Å². The number of nitrogens with zero attached hydrogens (tertiary/aromatic N) is 5. The monoisotopic (exact) mass is 388 g/mol. The number of anilines is 2. The van der Waals surface area contributed by atoms with Crippen molar-refractivity contribution in [1.29, 1.82) is 0 Å². The van der Waals surface area contributed by atoms with E-state index in [-0.39, 0.29) is 0 Å². The first-order valence-corrected chi connectivity index (χ1v) is 9.30. The van der Waals surface area contributed by atoms with Gasteiger partial charge in [0.25, 0.3) is 0 Å². The highest BCUT2D eigenvalue weighted by Crippen LogP contribution is 2.17. The molecular weight excluding hydrogens is 368 g/mol. The number of rotatable bonds is 6. The average Bonchev–Trinajstić information content (AvgIpc) is 2.76. The quantitative estimate of drug-likeness (QED) is 0.650. The molecule has 0 spiro atoms. The van der Waals surface area contributed by atoms with Crippen molar-refractivity contribution in [3.05, 3.63) is 78.4 Å². The fourth-order valence-electron chi connectivity index (χ4n) is 3.11. The van der Waals surface area contributed by atoms with Gasteiger partial charge < -0.3 is 15.1 Å². The molecule has 146 valence electrons. The third-order valence-corrected chi connectivity index (χ3v) is 4.63. The number of nitrogens with one attached hydrogen (secondary N) is 1. The lowest BCUT2D eigenvalue weighted by molar-refractivity contribution is -0.156. The number of amides is 2. The van der Waals surface area contributed by atoms with Crippen molar-refractivity contribution >= 4 is 23.5 Å². The zero-order valence-corrected chi connectivity index (χ0v) is 15.7. The van der Waals surface area contributed by atoms with Crippen LogP contribution in [0.3, 0.4) is 0 Å². The Morgan fingerprint density at radius 1 is 0.759 bits per heavy atom. The van der Waals surface area contributed by atoms with Crippen LogP contribution >= 0.6 is 0 Å². The molecular formula is C21H20N6O2. The summed E-state index contributed by atoms with van der Waals surface area (Å²) in [5.74, 6) is -0.446. The Morgan fingerprint density at radius 3 is 2.07 bits per heavy atom. The second-order valence-electron chi connectivity index (χ2n) is 6.67. The number of carbonyl (C=O) groups excluding carboxylic acids is 2. The lowest BCUT2D eigenvalue weighted by atomic mass is 10.1. The number of aromatic nitrogens is 3. The molecule has 3 heterocycles. The summed E-state index contributed by atoms with van der Waals surface area (Å²) in [6.45, 7) is 1.73. The van der Waals surface area contributed by atoms with Gasteiger partial charge >= 0.3 is 11.8 Å². The van der Waals surface area contributed by atoms with Gasteiger partial charge in [-0.1, -0.05) is 18.2 Å². The van der Waals surface area contributed by atoms with Crippen LogP contribution in [0.4, 0.5) is 11.6 Å². The third-order valence-electron chi connectivity index (χ3n) is 4.63. The summed E-state index contributed by atoms with van der Waals surface area (Å²) in [7, 11) is 0. The van der Waals surface area contributed by atoms with E-state index >= 15 is 0 Å². The highest BCUT2D eigenvalue weighted by molar-refractivity contribution is 6.35. The van der Waals surface area contributed by atoms with Crippen LogP contribution in [-0.4, -0.2) is 49.7 Å². The minimum Gasteiger partial charge on any atom is -0.328 e. The van der Waals surface area contributed by atoms with Crippen LogP contribution in [0.25, 0.3) is 0 Å². The fraction of sp³-hybridized carbons (Fsp3) is 0.190. The molecule has 3 aromatic rings. The molecule has 2 aromatic heterocycles. The van der Waals surface area contributed by atoms with E-state index in [4.69, 9.17) is 0 Å². The van der Waals surface area contributed by atoms with Crippen LogP contribution in [0.5, 0.6) is 0 Å². The molecule has 1 aromatic carbocycles. The molecule has 4 rings (SSSR count). The van der Waals surface area contributed by atoms with E-state index in [1.807, 2.05) is 42.5 Å². The molecule has 29 heavy (non-hydrogen) atoms. The minimum absolute atomic E-state index is 0.348. The summed E-state index contributed by atoms with van der Waals surface area (Å²) in [6.07, 6.45) is 5.01. The average molecular weight is 388 g/mol. The third kappa shape index (κ3) is 4.55. The van der Waals surface area contributed by atoms with Crippen LogP contribution in [0.15, 0.2) is 67.1 Å². The summed E-state index contributed by atoms with van der Waals surface area (Å²) in [5, 5.41) is 3.11. The SMILES string of the molecule is O=C1C(=O)N(Cc2ccccn2)CCN1Cc1ccc(Nc2ncccn2)cc1. The van der Waals surface area contributed by atoms with Gasteiger partial charge in [-0.15, -0.1) is 0 Å². The molecule has 0 aliphatic carbocycles. The number of piperazine rings is 1. The number of pyridine rings is 1. The topological polar surface area (TPSA) is 91.3 Å². The van der Waals surface area contributed by atoms with Crippen molar-refractivity contribution < 1.29 is 9.59 Å². The van der Waals surface area contributed by atoms with Crippen LogP contribution < -0.4 is 5.32 Å². The Balaban J connectivity index is 1.35. The van der Waals surface area contributed by atoms with Crippen molar-refractivity contribution in [2.45, 2.75) is 13.1 Å². The maximum Gasteiger partial charge on any atom is 0.312 e. The number of hydrogen-bond donors (Lipinski definition) is 1.